The summed E-state index contributed by atoms with van der Waals surface area (Å²) < 4.78 is 77.5. The van der Waals surface area contributed by atoms with Crippen LogP contribution in [0.2, 0.25) is 0 Å². The molecule has 192 valence electrons. The molecule has 0 aliphatic carbocycles. The minimum atomic E-state index is -3.77. The minimum Gasteiger partial charge on any atom is -0.422 e. The molecule has 1 fully saturated rings. The number of ketones is 1. The molecule has 1 unspecified atom stereocenters. The van der Waals surface area contributed by atoms with Crippen LogP contribution in [0, 0.1) is 23.3 Å². The van der Waals surface area contributed by atoms with Crippen LogP contribution in [0.25, 0.3) is 12.2 Å². The number of benzene rings is 3. The first-order chi connectivity index (χ1) is 17.6. The molecule has 0 spiro atoms. The largest absolute Gasteiger partial charge is 0.422 e. The summed E-state index contributed by atoms with van der Waals surface area (Å²) in [5.41, 5.74) is 0.703. The van der Waals surface area contributed by atoms with Crippen molar-refractivity contribution in [3.05, 3.63) is 112 Å². The molecule has 10 heteroatoms. The van der Waals surface area contributed by atoms with E-state index in [4.69, 9.17) is 4.52 Å². The van der Waals surface area contributed by atoms with Crippen molar-refractivity contribution in [2.24, 2.45) is 0 Å². The molecule has 0 saturated carbocycles. The zero-order valence-electron chi connectivity index (χ0n) is 20.0. The number of hydrogen-bond donors (Lipinski definition) is 0. The van der Waals surface area contributed by atoms with Crippen LogP contribution in [0.5, 0.6) is 5.75 Å². The summed E-state index contributed by atoms with van der Waals surface area (Å²) in [6.07, 6.45) is 2.75. The Morgan fingerprint density at radius 3 is 1.70 bits per heavy atom. The molecule has 4 rings (SSSR count). The highest BCUT2D eigenvalue weighted by molar-refractivity contribution is 7.54. The number of carbonyl (C=O) groups excluding carboxylic acids is 1. The van der Waals surface area contributed by atoms with E-state index < -0.39 is 36.7 Å². The predicted octanol–water partition coefficient (Wildman–Crippen LogP) is 6.34. The highest BCUT2D eigenvalue weighted by Gasteiger charge is 2.41. The Morgan fingerprint density at radius 1 is 0.784 bits per heavy atom. The van der Waals surface area contributed by atoms with Gasteiger partial charge in [0, 0.05) is 24.2 Å². The summed E-state index contributed by atoms with van der Waals surface area (Å²) in [7, 11) is -0.635. The van der Waals surface area contributed by atoms with Gasteiger partial charge in [-0.05, 0) is 73.8 Å². The second kappa shape index (κ2) is 10.8. The topological polar surface area (TPSA) is 49.9 Å². The van der Waals surface area contributed by atoms with Crippen molar-refractivity contribution in [3.63, 3.8) is 0 Å². The molecule has 0 aromatic heterocycles. The molecule has 5 nitrogen and oxygen atoms in total. The maximum Gasteiger partial charge on any atom is 0.395 e. The number of halogens is 4. The molecular formula is C27H23F4N2O3P. The Morgan fingerprint density at radius 2 is 1.27 bits per heavy atom. The van der Waals surface area contributed by atoms with E-state index in [1.165, 1.54) is 33.6 Å². The van der Waals surface area contributed by atoms with Gasteiger partial charge in [-0.1, -0.05) is 30.3 Å². The highest BCUT2D eigenvalue weighted by Crippen LogP contribution is 2.54. The zero-order valence-corrected chi connectivity index (χ0v) is 20.9. The number of nitrogens with zero attached hydrogens (tertiary/aromatic N) is 2. The summed E-state index contributed by atoms with van der Waals surface area (Å²) in [4.78, 5) is 13.4. The molecule has 1 atom stereocenters. The summed E-state index contributed by atoms with van der Waals surface area (Å²) in [5.74, 6) is -4.36. The fraction of sp³-hybridized carbons (Fsp3) is 0.148. The van der Waals surface area contributed by atoms with Crippen molar-refractivity contribution in [1.82, 2.24) is 9.34 Å². The van der Waals surface area contributed by atoms with E-state index in [2.05, 4.69) is 0 Å². The number of piperidine rings is 1. The van der Waals surface area contributed by atoms with E-state index in [0.29, 0.717) is 5.75 Å². The maximum absolute atomic E-state index is 14.2. The first kappa shape index (κ1) is 26.5. The Balaban J connectivity index is 1.80. The van der Waals surface area contributed by atoms with Crippen molar-refractivity contribution in [1.29, 1.82) is 0 Å². The van der Waals surface area contributed by atoms with Crippen molar-refractivity contribution in [2.45, 2.75) is 0 Å². The third-order valence-electron chi connectivity index (χ3n) is 5.69. The number of Topliss-reactive ketones (excluding diaryl/α,β-unsaturated/α-hetero) is 1. The van der Waals surface area contributed by atoms with E-state index in [1.807, 2.05) is 0 Å². The standard InChI is InChI=1S/C27H23F4N2O3P/c1-32(2)37(35,36-22-6-4-3-5-7-22)33-16-20(12-18-8-10-23(28)25(30)14-18)27(34)21(17-33)13-19-9-11-24(29)26(31)15-19/h3-15H,16-17H2,1-2H3/b20-12+,21-13+. The van der Waals surface area contributed by atoms with Crippen LogP contribution in [0.15, 0.2) is 77.9 Å². The molecule has 37 heavy (non-hydrogen) atoms. The van der Waals surface area contributed by atoms with Gasteiger partial charge >= 0.3 is 7.67 Å². The van der Waals surface area contributed by atoms with Crippen molar-refractivity contribution >= 4 is 25.6 Å². The fourth-order valence-corrected chi connectivity index (χ4v) is 5.66. The Kier molecular flexibility index (Phi) is 7.78. The predicted molar refractivity (Wildman–Crippen MR) is 134 cm³/mol. The van der Waals surface area contributed by atoms with Crippen LogP contribution in [-0.4, -0.2) is 42.3 Å². The molecule has 1 aliphatic heterocycles. The van der Waals surface area contributed by atoms with Crippen LogP contribution >= 0.6 is 7.67 Å². The lowest BCUT2D eigenvalue weighted by Gasteiger charge is -2.38. The van der Waals surface area contributed by atoms with Gasteiger partial charge in [0.25, 0.3) is 0 Å². The lowest BCUT2D eigenvalue weighted by atomic mass is 9.95. The monoisotopic (exact) mass is 530 g/mol. The smallest absolute Gasteiger partial charge is 0.395 e. The van der Waals surface area contributed by atoms with Crippen molar-refractivity contribution in [3.8, 4) is 5.75 Å². The number of hydrogen-bond acceptors (Lipinski definition) is 3. The van der Waals surface area contributed by atoms with Crippen molar-refractivity contribution < 1.29 is 31.4 Å². The number of rotatable bonds is 6. The number of carbonyl (C=O) groups is 1. The van der Waals surface area contributed by atoms with E-state index >= 15 is 0 Å². The van der Waals surface area contributed by atoms with Crippen LogP contribution < -0.4 is 4.52 Å². The molecule has 1 saturated heterocycles. The average Bonchev–Trinajstić information content (AvgIpc) is 2.86. The van der Waals surface area contributed by atoms with Gasteiger partial charge < -0.3 is 4.52 Å². The van der Waals surface area contributed by atoms with Gasteiger partial charge in [-0.15, -0.1) is 0 Å². The summed E-state index contributed by atoms with van der Waals surface area (Å²) >= 11 is 0. The van der Waals surface area contributed by atoms with Gasteiger partial charge in [-0.3, -0.25) is 4.79 Å². The molecule has 0 N–H and O–H groups in total. The fourth-order valence-electron chi connectivity index (χ4n) is 3.82. The lowest BCUT2D eigenvalue weighted by molar-refractivity contribution is -0.113. The van der Waals surface area contributed by atoms with Crippen LogP contribution in [0.4, 0.5) is 17.6 Å². The van der Waals surface area contributed by atoms with E-state index in [9.17, 15) is 26.9 Å². The molecule has 0 amide bonds. The van der Waals surface area contributed by atoms with Crippen LogP contribution in [0.1, 0.15) is 11.1 Å². The second-order valence-corrected chi connectivity index (χ2v) is 11.1. The average molecular weight is 530 g/mol. The lowest BCUT2D eigenvalue weighted by Crippen LogP contribution is -2.40. The minimum absolute atomic E-state index is 0.129. The summed E-state index contributed by atoms with van der Waals surface area (Å²) in [6, 6.07) is 14.9. The molecule has 1 aliphatic rings. The highest BCUT2D eigenvalue weighted by atomic mass is 31.2. The maximum atomic E-state index is 14.2. The quantitative estimate of drug-likeness (QED) is 0.211. The Bertz CT molecular complexity index is 1370. The van der Waals surface area contributed by atoms with Gasteiger partial charge in [-0.25, -0.2) is 31.5 Å². The SMILES string of the molecule is CN(C)P(=O)(Oc1ccccc1)N1C/C(=C\c2ccc(F)c(F)c2)C(=O)/C(=C/c2ccc(F)c(F)c2)C1. The summed E-state index contributed by atoms with van der Waals surface area (Å²) in [5, 5.41) is 0. The van der Waals surface area contributed by atoms with E-state index in [-0.39, 0.29) is 35.4 Å². The molecule has 1 heterocycles. The van der Waals surface area contributed by atoms with Gasteiger partial charge in [0.1, 0.15) is 5.75 Å². The van der Waals surface area contributed by atoms with Gasteiger partial charge in [0.15, 0.2) is 29.1 Å². The van der Waals surface area contributed by atoms with Crippen LogP contribution in [-0.2, 0) is 9.36 Å². The molecule has 3 aromatic carbocycles. The number of para-hydroxylation sites is 1. The first-order valence-corrected chi connectivity index (χ1v) is 12.7. The third-order valence-corrected chi connectivity index (χ3v) is 8.15. The van der Waals surface area contributed by atoms with Gasteiger partial charge in [0.2, 0.25) is 0 Å². The van der Waals surface area contributed by atoms with E-state index in [0.717, 1.165) is 24.3 Å². The Labute approximate surface area is 211 Å². The molecular weight excluding hydrogens is 507 g/mol. The van der Waals surface area contributed by atoms with Gasteiger partial charge in [-0.2, -0.15) is 0 Å². The zero-order chi connectivity index (χ0) is 26.7. The molecule has 0 bridgehead atoms. The first-order valence-electron chi connectivity index (χ1n) is 11.2. The van der Waals surface area contributed by atoms with Crippen LogP contribution in [0.3, 0.4) is 0 Å². The third kappa shape index (κ3) is 5.91. The normalized spacial score (nSPS) is 18.4. The molecule has 0 radical (unpaired) electrons. The summed E-state index contributed by atoms with van der Waals surface area (Å²) in [6.45, 7) is -0.259. The van der Waals surface area contributed by atoms with E-state index in [1.54, 1.807) is 44.4 Å². The van der Waals surface area contributed by atoms with Crippen molar-refractivity contribution in [2.75, 3.05) is 27.2 Å². The van der Waals surface area contributed by atoms with Gasteiger partial charge in [0.05, 0.1) is 0 Å². The second-order valence-electron chi connectivity index (χ2n) is 8.58. The Hall–Kier alpha value is -3.52. The molecule has 3 aromatic rings.